The number of aromatic carboxylic acids is 1. The normalized spacial score (nSPS) is 23.8. The molecule has 6 heteroatoms. The number of carbonyl (C=O) groups excluding carboxylic acids is 1. The van der Waals surface area contributed by atoms with E-state index in [0.717, 1.165) is 12.8 Å². The standard InChI is InChI=1S/C15H21N3O3/c1-9-6-7-10(2)18(9)11(3)14(19)17-12-5-4-8-16-13(12)15(20)21/h4-5,8-11H,6-7H2,1-3H3,(H,17,19)(H,20,21). The number of carbonyl (C=O) groups is 2. The number of aromatic nitrogens is 1. The molecule has 1 saturated heterocycles. The van der Waals surface area contributed by atoms with Crippen LogP contribution in [0.5, 0.6) is 0 Å². The third-order valence-electron chi connectivity index (χ3n) is 4.11. The Kier molecular flexibility index (Phi) is 4.57. The first kappa shape index (κ1) is 15.4. The third-order valence-corrected chi connectivity index (χ3v) is 4.11. The zero-order valence-corrected chi connectivity index (χ0v) is 12.5. The lowest BCUT2D eigenvalue weighted by Crippen LogP contribution is -2.47. The van der Waals surface area contributed by atoms with Gasteiger partial charge in [-0.15, -0.1) is 0 Å². The van der Waals surface area contributed by atoms with Crippen LogP contribution >= 0.6 is 0 Å². The van der Waals surface area contributed by atoms with Crippen LogP contribution in [0.15, 0.2) is 18.3 Å². The molecule has 21 heavy (non-hydrogen) atoms. The number of likely N-dealkylation sites (tertiary alicyclic amines) is 1. The lowest BCUT2D eigenvalue weighted by Gasteiger charge is -2.31. The molecule has 1 aliphatic rings. The van der Waals surface area contributed by atoms with Crippen molar-refractivity contribution in [2.24, 2.45) is 0 Å². The fraction of sp³-hybridized carbons (Fsp3) is 0.533. The van der Waals surface area contributed by atoms with Gasteiger partial charge in [0.15, 0.2) is 5.69 Å². The number of hydrogen-bond acceptors (Lipinski definition) is 4. The van der Waals surface area contributed by atoms with Crippen molar-refractivity contribution in [2.75, 3.05) is 5.32 Å². The van der Waals surface area contributed by atoms with Crippen LogP contribution in [0.25, 0.3) is 0 Å². The van der Waals surface area contributed by atoms with Crippen LogP contribution in [0.1, 0.15) is 44.1 Å². The summed E-state index contributed by atoms with van der Waals surface area (Å²) in [4.78, 5) is 29.5. The molecule has 0 saturated carbocycles. The Labute approximate surface area is 124 Å². The molecule has 114 valence electrons. The fourth-order valence-corrected chi connectivity index (χ4v) is 3.03. The Balaban J connectivity index is 2.13. The molecule has 0 aromatic carbocycles. The molecule has 1 aromatic rings. The van der Waals surface area contributed by atoms with Gasteiger partial charge in [-0.25, -0.2) is 9.78 Å². The predicted octanol–water partition coefficient (Wildman–Crippen LogP) is 1.98. The van der Waals surface area contributed by atoms with Crippen molar-refractivity contribution in [1.82, 2.24) is 9.88 Å². The molecule has 3 atom stereocenters. The van der Waals surface area contributed by atoms with Crippen LogP contribution in [0.2, 0.25) is 0 Å². The highest BCUT2D eigenvalue weighted by atomic mass is 16.4. The number of rotatable bonds is 4. The second-order valence-corrected chi connectivity index (χ2v) is 5.59. The van der Waals surface area contributed by atoms with Crippen LogP contribution in [0.3, 0.4) is 0 Å². The molecule has 2 N–H and O–H groups in total. The minimum Gasteiger partial charge on any atom is -0.476 e. The summed E-state index contributed by atoms with van der Waals surface area (Å²) in [6, 6.07) is 3.56. The first-order valence-corrected chi connectivity index (χ1v) is 7.18. The minimum absolute atomic E-state index is 0.138. The molecular weight excluding hydrogens is 270 g/mol. The summed E-state index contributed by atoms with van der Waals surface area (Å²) >= 11 is 0. The highest BCUT2D eigenvalue weighted by molar-refractivity contribution is 6.00. The van der Waals surface area contributed by atoms with Gasteiger partial charge in [-0.3, -0.25) is 9.69 Å². The Morgan fingerprint density at radius 2 is 2.00 bits per heavy atom. The molecule has 0 bridgehead atoms. The van der Waals surface area contributed by atoms with E-state index in [2.05, 4.69) is 29.0 Å². The summed E-state index contributed by atoms with van der Waals surface area (Å²) in [6.07, 6.45) is 3.55. The summed E-state index contributed by atoms with van der Waals surface area (Å²) in [5.74, 6) is -1.35. The molecular formula is C15H21N3O3. The van der Waals surface area contributed by atoms with Gasteiger partial charge >= 0.3 is 5.97 Å². The Hall–Kier alpha value is -1.95. The number of nitrogens with one attached hydrogen (secondary N) is 1. The summed E-state index contributed by atoms with van der Waals surface area (Å²) in [5.41, 5.74) is 0.0990. The monoisotopic (exact) mass is 291 g/mol. The van der Waals surface area contributed by atoms with Gasteiger partial charge in [0.25, 0.3) is 0 Å². The highest BCUT2D eigenvalue weighted by Crippen LogP contribution is 2.26. The molecule has 2 rings (SSSR count). The quantitative estimate of drug-likeness (QED) is 0.886. The second kappa shape index (κ2) is 6.22. The van der Waals surface area contributed by atoms with Gasteiger partial charge in [-0.1, -0.05) is 0 Å². The largest absolute Gasteiger partial charge is 0.476 e. The van der Waals surface area contributed by atoms with Crippen LogP contribution in [0, 0.1) is 0 Å². The van der Waals surface area contributed by atoms with E-state index in [1.54, 1.807) is 12.1 Å². The Morgan fingerprint density at radius 1 is 1.38 bits per heavy atom. The van der Waals surface area contributed by atoms with Crippen molar-refractivity contribution in [1.29, 1.82) is 0 Å². The average Bonchev–Trinajstić information content (AvgIpc) is 2.77. The van der Waals surface area contributed by atoms with Gasteiger partial charge in [-0.2, -0.15) is 0 Å². The van der Waals surface area contributed by atoms with Gasteiger partial charge in [0.1, 0.15) is 0 Å². The molecule has 0 spiro atoms. The maximum absolute atomic E-state index is 12.4. The molecule has 1 aromatic heterocycles. The number of amides is 1. The van der Waals surface area contributed by atoms with Gasteiger partial charge in [-0.05, 0) is 45.7 Å². The smallest absolute Gasteiger partial charge is 0.356 e. The number of anilines is 1. The van der Waals surface area contributed by atoms with Gasteiger partial charge < -0.3 is 10.4 Å². The number of pyridine rings is 1. The van der Waals surface area contributed by atoms with Crippen LogP contribution in [-0.2, 0) is 4.79 Å². The lowest BCUT2D eigenvalue weighted by molar-refractivity contribution is -0.121. The highest BCUT2D eigenvalue weighted by Gasteiger charge is 2.34. The third kappa shape index (κ3) is 3.21. The van der Waals surface area contributed by atoms with Crippen LogP contribution in [-0.4, -0.2) is 45.0 Å². The molecule has 2 heterocycles. The summed E-state index contributed by atoms with van der Waals surface area (Å²) in [5, 5.41) is 11.8. The molecule has 3 unspecified atom stereocenters. The topological polar surface area (TPSA) is 82.5 Å². The summed E-state index contributed by atoms with van der Waals surface area (Å²) < 4.78 is 0. The van der Waals surface area contributed by atoms with E-state index in [9.17, 15) is 9.59 Å². The zero-order valence-electron chi connectivity index (χ0n) is 12.5. The lowest BCUT2D eigenvalue weighted by atomic mass is 10.2. The maximum atomic E-state index is 12.4. The fourth-order valence-electron chi connectivity index (χ4n) is 3.03. The van der Waals surface area contributed by atoms with E-state index >= 15 is 0 Å². The van der Waals surface area contributed by atoms with Crippen molar-refractivity contribution in [3.8, 4) is 0 Å². The van der Waals surface area contributed by atoms with E-state index in [0.29, 0.717) is 12.1 Å². The molecule has 1 aliphatic heterocycles. The van der Waals surface area contributed by atoms with Gasteiger partial charge in [0.05, 0.1) is 11.7 Å². The predicted molar refractivity (Wildman–Crippen MR) is 79.3 cm³/mol. The van der Waals surface area contributed by atoms with Crippen molar-refractivity contribution < 1.29 is 14.7 Å². The maximum Gasteiger partial charge on any atom is 0.356 e. The number of nitrogens with zero attached hydrogens (tertiary/aromatic N) is 2. The first-order chi connectivity index (χ1) is 9.91. The average molecular weight is 291 g/mol. The number of carboxylic acids is 1. The Bertz CT molecular complexity index is 537. The number of carboxylic acid groups (broad SMARTS) is 1. The zero-order chi connectivity index (χ0) is 15.6. The van der Waals surface area contributed by atoms with Gasteiger partial charge in [0.2, 0.25) is 5.91 Å². The molecule has 0 aliphatic carbocycles. The molecule has 1 amide bonds. The second-order valence-electron chi connectivity index (χ2n) is 5.59. The van der Waals surface area contributed by atoms with Crippen molar-refractivity contribution in [3.05, 3.63) is 24.0 Å². The van der Waals surface area contributed by atoms with Gasteiger partial charge in [0, 0.05) is 18.3 Å². The van der Waals surface area contributed by atoms with Crippen LogP contribution in [0.4, 0.5) is 5.69 Å². The van der Waals surface area contributed by atoms with E-state index in [1.807, 2.05) is 6.92 Å². The molecule has 0 radical (unpaired) electrons. The van der Waals surface area contributed by atoms with E-state index in [4.69, 9.17) is 5.11 Å². The van der Waals surface area contributed by atoms with Crippen LogP contribution < -0.4 is 5.32 Å². The van der Waals surface area contributed by atoms with E-state index in [-0.39, 0.29) is 23.3 Å². The molecule has 1 fully saturated rings. The first-order valence-electron chi connectivity index (χ1n) is 7.18. The van der Waals surface area contributed by atoms with Crippen molar-refractivity contribution in [3.63, 3.8) is 0 Å². The van der Waals surface area contributed by atoms with Crippen molar-refractivity contribution in [2.45, 2.75) is 51.7 Å². The molecule has 6 nitrogen and oxygen atoms in total. The summed E-state index contributed by atoms with van der Waals surface area (Å²) in [6.45, 7) is 6.07. The summed E-state index contributed by atoms with van der Waals surface area (Å²) in [7, 11) is 0. The van der Waals surface area contributed by atoms with Crippen molar-refractivity contribution >= 4 is 17.6 Å². The van der Waals surface area contributed by atoms with E-state index in [1.165, 1.54) is 6.20 Å². The minimum atomic E-state index is -1.15. The number of hydrogen-bond donors (Lipinski definition) is 2. The SMILES string of the molecule is CC1CCC(C)N1C(C)C(=O)Nc1cccnc1C(=O)O. The Morgan fingerprint density at radius 3 is 2.57 bits per heavy atom. The van der Waals surface area contributed by atoms with E-state index < -0.39 is 5.97 Å².